The third-order valence-corrected chi connectivity index (χ3v) is 5.77. The van der Waals surface area contributed by atoms with Gasteiger partial charge in [-0.15, -0.1) is 0 Å². The Hall–Kier alpha value is -3.55. The van der Waals surface area contributed by atoms with Crippen LogP contribution in [0.15, 0.2) is 42.7 Å². The van der Waals surface area contributed by atoms with E-state index >= 15 is 0 Å². The highest BCUT2D eigenvalue weighted by molar-refractivity contribution is 5.95. The molecule has 3 aromatic rings. The molecule has 0 radical (unpaired) electrons. The van der Waals surface area contributed by atoms with Gasteiger partial charge in [-0.25, -0.2) is 4.68 Å². The number of aromatic nitrogens is 3. The second-order valence-electron chi connectivity index (χ2n) is 7.85. The number of nitrogens with one attached hydrogen (secondary N) is 2. The van der Waals surface area contributed by atoms with Crippen molar-refractivity contribution in [3.8, 4) is 11.5 Å². The van der Waals surface area contributed by atoms with Gasteiger partial charge in [-0.05, 0) is 44.5 Å². The largest absolute Gasteiger partial charge is 0.497 e. The van der Waals surface area contributed by atoms with Crippen LogP contribution in [0.4, 0.5) is 11.6 Å². The topological polar surface area (TPSA) is 90.3 Å². The smallest absolute Gasteiger partial charge is 0.232 e. The van der Waals surface area contributed by atoms with Gasteiger partial charge in [0.25, 0.3) is 0 Å². The Morgan fingerprint density at radius 3 is 2.65 bits per heavy atom. The van der Waals surface area contributed by atoms with Crippen LogP contribution in [-0.2, 0) is 4.79 Å². The molecule has 8 heteroatoms. The van der Waals surface area contributed by atoms with Crippen molar-refractivity contribution in [2.24, 2.45) is 5.92 Å². The van der Waals surface area contributed by atoms with E-state index < -0.39 is 12.0 Å². The van der Waals surface area contributed by atoms with Crippen LogP contribution in [0.25, 0.3) is 0 Å². The minimum atomic E-state index is -0.461. The molecule has 31 heavy (non-hydrogen) atoms. The van der Waals surface area contributed by atoms with Crippen molar-refractivity contribution in [1.29, 1.82) is 0 Å². The van der Waals surface area contributed by atoms with Gasteiger partial charge in [0.05, 0.1) is 26.2 Å². The zero-order chi connectivity index (χ0) is 22.1. The molecule has 0 fully saturated rings. The van der Waals surface area contributed by atoms with Gasteiger partial charge < -0.3 is 20.1 Å². The molecule has 0 saturated heterocycles. The number of aryl methyl sites for hydroxylation is 2. The predicted molar refractivity (Wildman–Crippen MR) is 119 cm³/mol. The van der Waals surface area contributed by atoms with E-state index in [-0.39, 0.29) is 11.9 Å². The van der Waals surface area contributed by atoms with Crippen LogP contribution in [0.3, 0.4) is 0 Å². The molecule has 8 nitrogen and oxygen atoms in total. The van der Waals surface area contributed by atoms with Gasteiger partial charge in [0.1, 0.15) is 17.8 Å². The number of benzene rings is 2. The van der Waals surface area contributed by atoms with Crippen molar-refractivity contribution >= 4 is 17.5 Å². The minimum Gasteiger partial charge on any atom is -0.497 e. The monoisotopic (exact) mass is 421 g/mol. The number of carbonyl (C=O) groups is 1. The van der Waals surface area contributed by atoms with Crippen molar-refractivity contribution in [1.82, 2.24) is 14.8 Å². The van der Waals surface area contributed by atoms with Crippen molar-refractivity contribution in [3.05, 3.63) is 59.4 Å². The molecule has 0 bridgehead atoms. The summed E-state index contributed by atoms with van der Waals surface area (Å²) in [5.41, 5.74) is 3.80. The van der Waals surface area contributed by atoms with E-state index in [1.807, 2.05) is 51.1 Å². The molecule has 4 rings (SSSR count). The summed E-state index contributed by atoms with van der Waals surface area (Å²) >= 11 is 0. The molecule has 2 heterocycles. The molecule has 2 aromatic carbocycles. The lowest BCUT2D eigenvalue weighted by atomic mass is 9.85. The average Bonchev–Trinajstić information content (AvgIpc) is 3.22. The summed E-state index contributed by atoms with van der Waals surface area (Å²) in [5, 5.41) is 10.8. The van der Waals surface area contributed by atoms with Crippen LogP contribution in [0, 0.1) is 19.8 Å². The normalized spacial score (nSPS) is 19.8. The molecular formula is C23H27N5O3. The quantitative estimate of drug-likeness (QED) is 0.655. The van der Waals surface area contributed by atoms with Gasteiger partial charge >= 0.3 is 0 Å². The van der Waals surface area contributed by atoms with Crippen molar-refractivity contribution in [2.75, 3.05) is 24.9 Å². The van der Waals surface area contributed by atoms with Gasteiger partial charge in [0, 0.05) is 23.4 Å². The summed E-state index contributed by atoms with van der Waals surface area (Å²) in [6.07, 6.45) is 1.49. The molecule has 0 aliphatic carbocycles. The summed E-state index contributed by atoms with van der Waals surface area (Å²) in [6, 6.07) is 11.0. The highest BCUT2D eigenvalue weighted by atomic mass is 16.5. The lowest BCUT2D eigenvalue weighted by Gasteiger charge is -2.37. The van der Waals surface area contributed by atoms with Crippen molar-refractivity contribution in [2.45, 2.75) is 32.9 Å². The Kier molecular flexibility index (Phi) is 5.54. The molecule has 3 unspecified atom stereocenters. The number of hydrogen-bond acceptors (Lipinski definition) is 6. The molecule has 162 valence electrons. The fourth-order valence-corrected chi connectivity index (χ4v) is 4.20. The first-order chi connectivity index (χ1) is 14.9. The van der Waals surface area contributed by atoms with Crippen LogP contribution in [0.2, 0.25) is 0 Å². The zero-order valence-corrected chi connectivity index (χ0v) is 18.3. The van der Waals surface area contributed by atoms with E-state index in [1.165, 1.54) is 6.33 Å². The van der Waals surface area contributed by atoms with Crippen molar-refractivity contribution < 1.29 is 14.3 Å². The van der Waals surface area contributed by atoms with E-state index in [0.29, 0.717) is 17.4 Å². The SMILES string of the molecule is COc1ccc(C2C(C(=O)Nc3ccc(C)cc3C)C(C)Nc3ncnn32)c(OC)c1. The number of carbonyl (C=O) groups excluding carboxylic acids is 1. The number of rotatable bonds is 5. The summed E-state index contributed by atoms with van der Waals surface area (Å²) in [6.45, 7) is 6.00. The van der Waals surface area contributed by atoms with Crippen LogP contribution < -0.4 is 20.1 Å². The second kappa shape index (κ2) is 8.29. The standard InChI is InChI=1S/C23H27N5O3/c1-13-6-9-18(14(2)10-13)27-22(29)20-15(3)26-23-24-12-25-28(23)21(20)17-8-7-16(30-4)11-19(17)31-5/h6-12,15,20-21H,1-5H3,(H,27,29)(H,24,25,26). The lowest BCUT2D eigenvalue weighted by molar-refractivity contribution is -0.121. The zero-order valence-electron chi connectivity index (χ0n) is 18.3. The summed E-state index contributed by atoms with van der Waals surface area (Å²) in [4.78, 5) is 17.9. The van der Waals surface area contributed by atoms with E-state index in [4.69, 9.17) is 9.47 Å². The number of ether oxygens (including phenoxy) is 2. The Bertz CT molecular complexity index is 1110. The molecule has 1 aliphatic heterocycles. The molecule has 2 N–H and O–H groups in total. The summed E-state index contributed by atoms with van der Waals surface area (Å²) < 4.78 is 12.7. The first-order valence-corrected chi connectivity index (χ1v) is 10.2. The van der Waals surface area contributed by atoms with E-state index in [2.05, 4.69) is 26.8 Å². The predicted octanol–water partition coefficient (Wildman–Crippen LogP) is 3.57. The Balaban J connectivity index is 1.77. The van der Waals surface area contributed by atoms with E-state index in [1.54, 1.807) is 18.9 Å². The summed E-state index contributed by atoms with van der Waals surface area (Å²) in [5.74, 6) is 1.36. The van der Waals surface area contributed by atoms with Gasteiger partial charge in [-0.2, -0.15) is 10.1 Å². The first kappa shape index (κ1) is 20.7. The molecule has 0 saturated carbocycles. The third kappa shape index (κ3) is 3.81. The number of methoxy groups -OCH3 is 2. The first-order valence-electron chi connectivity index (χ1n) is 10.2. The fraction of sp³-hybridized carbons (Fsp3) is 0.348. The average molecular weight is 422 g/mol. The molecule has 1 aromatic heterocycles. The Labute approximate surface area is 181 Å². The number of nitrogens with zero attached hydrogens (tertiary/aromatic N) is 3. The van der Waals surface area contributed by atoms with Crippen LogP contribution >= 0.6 is 0 Å². The molecule has 3 atom stereocenters. The summed E-state index contributed by atoms with van der Waals surface area (Å²) in [7, 11) is 3.21. The molecule has 0 spiro atoms. The highest BCUT2D eigenvalue weighted by Gasteiger charge is 2.42. The fourth-order valence-electron chi connectivity index (χ4n) is 4.20. The van der Waals surface area contributed by atoms with Crippen LogP contribution in [-0.4, -0.2) is 40.9 Å². The minimum absolute atomic E-state index is 0.101. The van der Waals surface area contributed by atoms with Gasteiger partial charge in [0.2, 0.25) is 11.9 Å². The maximum Gasteiger partial charge on any atom is 0.232 e. The highest BCUT2D eigenvalue weighted by Crippen LogP contribution is 2.41. The number of hydrogen-bond donors (Lipinski definition) is 2. The molecule has 1 amide bonds. The number of anilines is 2. The molecular weight excluding hydrogens is 394 g/mol. The maximum absolute atomic E-state index is 13.6. The van der Waals surface area contributed by atoms with Gasteiger partial charge in [-0.3, -0.25) is 4.79 Å². The van der Waals surface area contributed by atoms with E-state index in [9.17, 15) is 4.79 Å². The van der Waals surface area contributed by atoms with Crippen molar-refractivity contribution in [3.63, 3.8) is 0 Å². The van der Waals surface area contributed by atoms with Crippen LogP contribution in [0.5, 0.6) is 11.5 Å². The third-order valence-electron chi connectivity index (χ3n) is 5.77. The van der Waals surface area contributed by atoms with Gasteiger partial charge in [-0.1, -0.05) is 17.7 Å². The number of fused-ring (bicyclic) bond motifs is 1. The Morgan fingerprint density at radius 2 is 1.94 bits per heavy atom. The Morgan fingerprint density at radius 1 is 1.13 bits per heavy atom. The maximum atomic E-state index is 13.6. The second-order valence-corrected chi connectivity index (χ2v) is 7.85. The van der Waals surface area contributed by atoms with Crippen LogP contribution in [0.1, 0.15) is 29.7 Å². The number of amides is 1. The van der Waals surface area contributed by atoms with Gasteiger partial charge in [0.15, 0.2) is 0 Å². The molecule has 1 aliphatic rings. The lowest BCUT2D eigenvalue weighted by Crippen LogP contribution is -2.46. The van der Waals surface area contributed by atoms with E-state index in [0.717, 1.165) is 22.4 Å².